The first-order valence-electron chi connectivity index (χ1n) is 4.54. The summed E-state index contributed by atoms with van der Waals surface area (Å²) < 4.78 is 4.84. The van der Waals surface area contributed by atoms with Crippen LogP contribution < -0.4 is 0 Å². The van der Waals surface area contributed by atoms with Crippen molar-refractivity contribution in [3.8, 4) is 0 Å². The molecule has 0 unspecified atom stereocenters. The zero-order valence-electron chi connectivity index (χ0n) is 8.61. The monoisotopic (exact) mass is 205 g/mol. The van der Waals surface area contributed by atoms with E-state index in [4.69, 9.17) is 4.74 Å². The van der Waals surface area contributed by atoms with E-state index in [0.717, 1.165) is 5.56 Å². The molecule has 0 N–H and O–H groups in total. The van der Waals surface area contributed by atoms with Crippen molar-refractivity contribution in [1.29, 1.82) is 0 Å². The van der Waals surface area contributed by atoms with Crippen LogP contribution in [0.25, 0.3) is 0 Å². The molecule has 0 radical (unpaired) electrons. The molecule has 0 atom stereocenters. The van der Waals surface area contributed by atoms with Gasteiger partial charge in [0.25, 0.3) is 0 Å². The summed E-state index contributed by atoms with van der Waals surface area (Å²) in [5.41, 5.74) is 1.48. The van der Waals surface area contributed by atoms with E-state index in [9.17, 15) is 9.59 Å². The molecule has 0 saturated heterocycles. The number of benzene rings is 1. The van der Waals surface area contributed by atoms with Gasteiger partial charge < -0.3 is 4.74 Å². The van der Waals surface area contributed by atoms with Gasteiger partial charge >= 0.3 is 5.97 Å². The third kappa shape index (κ3) is 2.76. The Kier molecular flexibility index (Phi) is 3.77. The van der Waals surface area contributed by atoms with E-state index in [0.29, 0.717) is 5.56 Å². The van der Waals surface area contributed by atoms with Gasteiger partial charge in [-0.3, -0.25) is 0 Å². The first-order chi connectivity index (χ1) is 7.19. The lowest BCUT2D eigenvalue weighted by molar-refractivity contribution is 0.0527. The van der Waals surface area contributed by atoms with Gasteiger partial charge in [0.15, 0.2) is 0 Å². The molecule has 0 saturated carbocycles. The fraction of sp³-hybridized carbons (Fsp3) is 0.273. The molecule has 0 spiro atoms. The normalized spacial score (nSPS) is 9.20. The van der Waals surface area contributed by atoms with E-state index >= 15 is 0 Å². The Morgan fingerprint density at radius 3 is 2.87 bits per heavy atom. The summed E-state index contributed by atoms with van der Waals surface area (Å²) >= 11 is 0. The third-order valence-electron chi connectivity index (χ3n) is 1.81. The predicted molar refractivity (Wildman–Crippen MR) is 54.9 cm³/mol. The molecule has 0 amide bonds. The standard InChI is InChI=1S/C11H11NO3/c1-3-15-11(14)9-6-8(2)4-5-10(9)12-7-13/h4-6H,3H2,1-2H3. The summed E-state index contributed by atoms with van der Waals surface area (Å²) in [4.78, 5) is 25.1. The van der Waals surface area contributed by atoms with E-state index in [1.165, 1.54) is 6.08 Å². The van der Waals surface area contributed by atoms with Crippen LogP contribution in [0.5, 0.6) is 0 Å². The number of aryl methyl sites for hydroxylation is 1. The van der Waals surface area contributed by atoms with Gasteiger partial charge in [-0.2, -0.15) is 4.99 Å². The predicted octanol–water partition coefficient (Wildman–Crippen LogP) is 2.14. The van der Waals surface area contributed by atoms with Crippen LogP contribution in [0.15, 0.2) is 23.2 Å². The highest BCUT2D eigenvalue weighted by molar-refractivity contribution is 5.95. The first kappa shape index (κ1) is 11.1. The smallest absolute Gasteiger partial charge is 0.340 e. The molecule has 78 valence electrons. The van der Waals surface area contributed by atoms with E-state index in [2.05, 4.69) is 4.99 Å². The lowest BCUT2D eigenvalue weighted by Crippen LogP contribution is -2.05. The van der Waals surface area contributed by atoms with Gasteiger partial charge in [-0.1, -0.05) is 11.6 Å². The second-order valence-corrected chi connectivity index (χ2v) is 2.94. The molecule has 0 aliphatic heterocycles. The number of isocyanates is 1. The Morgan fingerprint density at radius 2 is 2.27 bits per heavy atom. The number of ether oxygens (including phenoxy) is 1. The van der Waals surface area contributed by atoms with Crippen LogP contribution in [0.4, 0.5) is 5.69 Å². The van der Waals surface area contributed by atoms with Crippen LogP contribution in [-0.4, -0.2) is 18.7 Å². The number of carbonyl (C=O) groups excluding carboxylic acids is 2. The quantitative estimate of drug-likeness (QED) is 0.431. The minimum absolute atomic E-state index is 0.286. The summed E-state index contributed by atoms with van der Waals surface area (Å²) in [5, 5.41) is 0. The van der Waals surface area contributed by atoms with Crippen LogP contribution >= 0.6 is 0 Å². The Bertz CT molecular complexity index is 420. The van der Waals surface area contributed by atoms with Gasteiger partial charge in [0.1, 0.15) is 0 Å². The molecule has 0 bridgehead atoms. The van der Waals surface area contributed by atoms with Crippen molar-refractivity contribution in [2.24, 2.45) is 4.99 Å². The lowest BCUT2D eigenvalue weighted by atomic mass is 10.1. The SMILES string of the molecule is CCOC(=O)c1cc(C)ccc1N=C=O. The highest BCUT2D eigenvalue weighted by Gasteiger charge is 2.12. The maximum atomic E-state index is 11.5. The maximum Gasteiger partial charge on any atom is 0.340 e. The summed E-state index contributed by atoms with van der Waals surface area (Å²) in [6.07, 6.45) is 1.41. The molecular weight excluding hydrogens is 194 g/mol. The van der Waals surface area contributed by atoms with E-state index < -0.39 is 5.97 Å². The van der Waals surface area contributed by atoms with E-state index in [1.54, 1.807) is 25.1 Å². The highest BCUT2D eigenvalue weighted by atomic mass is 16.5. The van der Waals surface area contributed by atoms with Gasteiger partial charge in [-0.05, 0) is 26.0 Å². The van der Waals surface area contributed by atoms with Crippen LogP contribution in [-0.2, 0) is 9.53 Å². The highest BCUT2D eigenvalue weighted by Crippen LogP contribution is 2.20. The molecule has 4 heteroatoms. The molecule has 4 nitrogen and oxygen atoms in total. The molecule has 0 aliphatic carbocycles. The van der Waals surface area contributed by atoms with Crippen molar-refractivity contribution in [3.05, 3.63) is 29.3 Å². The maximum absolute atomic E-state index is 11.5. The number of carbonyl (C=O) groups is 1. The molecule has 15 heavy (non-hydrogen) atoms. The van der Waals surface area contributed by atoms with Crippen molar-refractivity contribution in [2.75, 3.05) is 6.61 Å². The molecule has 1 aromatic rings. The zero-order valence-corrected chi connectivity index (χ0v) is 8.61. The van der Waals surface area contributed by atoms with Crippen LogP contribution in [0.3, 0.4) is 0 Å². The van der Waals surface area contributed by atoms with Crippen molar-refractivity contribution in [1.82, 2.24) is 0 Å². The summed E-state index contributed by atoms with van der Waals surface area (Å²) in [6.45, 7) is 3.85. The second-order valence-electron chi connectivity index (χ2n) is 2.94. The number of aliphatic imine (C=N–C) groups is 1. The molecule has 0 fully saturated rings. The summed E-state index contributed by atoms with van der Waals surface area (Å²) in [6, 6.07) is 4.99. The fourth-order valence-electron chi connectivity index (χ4n) is 1.17. The molecular formula is C11H11NO3. The Hall–Kier alpha value is -1.93. The molecule has 0 aliphatic rings. The number of esters is 1. The number of rotatable bonds is 3. The molecule has 0 heterocycles. The van der Waals surface area contributed by atoms with Crippen LogP contribution in [0.2, 0.25) is 0 Å². The number of hydrogen-bond acceptors (Lipinski definition) is 4. The minimum atomic E-state index is -0.477. The molecule has 1 aromatic carbocycles. The van der Waals surface area contributed by atoms with Gasteiger partial charge in [-0.15, -0.1) is 0 Å². The number of hydrogen-bond donors (Lipinski definition) is 0. The van der Waals surface area contributed by atoms with Gasteiger partial charge in [-0.25, -0.2) is 9.59 Å². The van der Waals surface area contributed by atoms with Crippen LogP contribution in [0, 0.1) is 6.92 Å². The van der Waals surface area contributed by atoms with Gasteiger partial charge in [0, 0.05) is 0 Å². The number of nitrogens with zero attached hydrogens (tertiary/aromatic N) is 1. The van der Waals surface area contributed by atoms with Crippen molar-refractivity contribution in [3.63, 3.8) is 0 Å². The average molecular weight is 205 g/mol. The van der Waals surface area contributed by atoms with Crippen molar-refractivity contribution in [2.45, 2.75) is 13.8 Å². The average Bonchev–Trinajstić information content (AvgIpc) is 2.21. The Labute approximate surface area is 87.6 Å². The minimum Gasteiger partial charge on any atom is -0.462 e. The molecule has 1 rings (SSSR count). The van der Waals surface area contributed by atoms with Gasteiger partial charge in [0.2, 0.25) is 6.08 Å². The van der Waals surface area contributed by atoms with Crippen molar-refractivity contribution >= 4 is 17.7 Å². The largest absolute Gasteiger partial charge is 0.462 e. The summed E-state index contributed by atoms with van der Waals surface area (Å²) in [5.74, 6) is -0.477. The Morgan fingerprint density at radius 1 is 1.53 bits per heavy atom. The second kappa shape index (κ2) is 5.08. The van der Waals surface area contributed by atoms with E-state index in [-0.39, 0.29) is 12.3 Å². The third-order valence-corrected chi connectivity index (χ3v) is 1.81. The van der Waals surface area contributed by atoms with Crippen molar-refractivity contribution < 1.29 is 14.3 Å². The lowest BCUT2D eigenvalue weighted by Gasteiger charge is -2.04. The van der Waals surface area contributed by atoms with Gasteiger partial charge in [0.05, 0.1) is 17.9 Å². The first-order valence-corrected chi connectivity index (χ1v) is 4.54. The van der Waals surface area contributed by atoms with E-state index in [1.807, 2.05) is 6.92 Å². The zero-order chi connectivity index (χ0) is 11.3. The van der Waals surface area contributed by atoms with Crippen LogP contribution in [0.1, 0.15) is 22.8 Å². The fourth-order valence-corrected chi connectivity index (χ4v) is 1.17. The topological polar surface area (TPSA) is 55.7 Å². The summed E-state index contributed by atoms with van der Waals surface area (Å²) in [7, 11) is 0. The molecule has 0 aromatic heterocycles. The Balaban J connectivity index is 3.17.